The van der Waals surface area contributed by atoms with E-state index in [1.54, 1.807) is 0 Å². The van der Waals surface area contributed by atoms with Crippen molar-refractivity contribution in [3.8, 4) is 0 Å². The quantitative estimate of drug-likeness (QED) is 0.442. The monoisotopic (exact) mass is 251 g/mol. The molecular weight excluding hydrogens is 242 g/mol. The van der Waals surface area contributed by atoms with Gasteiger partial charge in [-0.15, -0.1) is 0 Å². The molecule has 72 valence electrons. The minimum absolute atomic E-state index is 0.386. The SMILES string of the molecule is Cc1ccc(Br)c(C=CCN=[N+]=[N-])c1. The summed E-state index contributed by atoms with van der Waals surface area (Å²) in [5, 5.41) is 3.42. The van der Waals surface area contributed by atoms with E-state index in [0.29, 0.717) is 6.54 Å². The van der Waals surface area contributed by atoms with Crippen LogP contribution in [0, 0.1) is 6.92 Å². The zero-order chi connectivity index (χ0) is 10.4. The van der Waals surface area contributed by atoms with E-state index in [9.17, 15) is 0 Å². The standard InChI is InChI=1S/C10H10BrN3/c1-8-4-5-10(11)9(7-8)3-2-6-13-14-12/h2-5,7H,6H2,1H3. The molecule has 1 rings (SSSR count). The smallest absolute Gasteiger partial charge is 0.0443 e. The number of azide groups is 1. The summed E-state index contributed by atoms with van der Waals surface area (Å²) in [6, 6.07) is 6.11. The minimum Gasteiger partial charge on any atom is -0.0899 e. The van der Waals surface area contributed by atoms with Gasteiger partial charge in [-0.25, -0.2) is 0 Å². The fraction of sp³-hybridized carbons (Fsp3) is 0.200. The molecular formula is C10H10BrN3. The highest BCUT2D eigenvalue weighted by Gasteiger charge is 1.94. The highest BCUT2D eigenvalue weighted by atomic mass is 79.9. The molecule has 0 radical (unpaired) electrons. The van der Waals surface area contributed by atoms with Crippen molar-refractivity contribution >= 4 is 22.0 Å². The van der Waals surface area contributed by atoms with Gasteiger partial charge in [0.1, 0.15) is 0 Å². The Kier molecular flexibility index (Phi) is 4.23. The van der Waals surface area contributed by atoms with Crippen LogP contribution >= 0.6 is 15.9 Å². The normalized spacial score (nSPS) is 10.1. The second-order valence-corrected chi connectivity index (χ2v) is 3.70. The molecule has 0 amide bonds. The van der Waals surface area contributed by atoms with Crippen molar-refractivity contribution in [1.82, 2.24) is 0 Å². The molecule has 14 heavy (non-hydrogen) atoms. The number of hydrogen-bond donors (Lipinski definition) is 0. The first-order valence-electron chi connectivity index (χ1n) is 4.17. The molecule has 3 nitrogen and oxygen atoms in total. The lowest BCUT2D eigenvalue weighted by Gasteiger charge is -1.99. The van der Waals surface area contributed by atoms with Gasteiger partial charge in [0.15, 0.2) is 0 Å². The highest BCUT2D eigenvalue weighted by Crippen LogP contribution is 2.19. The average molecular weight is 252 g/mol. The number of nitrogens with zero attached hydrogens (tertiary/aromatic N) is 3. The Balaban J connectivity index is 2.79. The van der Waals surface area contributed by atoms with Crippen LogP contribution in [0.2, 0.25) is 0 Å². The molecule has 0 bridgehead atoms. The van der Waals surface area contributed by atoms with Crippen molar-refractivity contribution in [2.45, 2.75) is 6.92 Å². The molecule has 0 N–H and O–H groups in total. The van der Waals surface area contributed by atoms with Crippen molar-refractivity contribution in [3.63, 3.8) is 0 Å². The summed E-state index contributed by atoms with van der Waals surface area (Å²) in [6.45, 7) is 2.42. The fourth-order valence-electron chi connectivity index (χ4n) is 1.05. The lowest BCUT2D eigenvalue weighted by atomic mass is 10.1. The van der Waals surface area contributed by atoms with Crippen LogP contribution in [-0.2, 0) is 0 Å². The third-order valence-corrected chi connectivity index (χ3v) is 2.42. The largest absolute Gasteiger partial charge is 0.0899 e. The van der Waals surface area contributed by atoms with Gasteiger partial charge >= 0.3 is 0 Å². The van der Waals surface area contributed by atoms with Crippen molar-refractivity contribution in [2.75, 3.05) is 6.54 Å². The van der Waals surface area contributed by atoms with Gasteiger partial charge in [-0.1, -0.05) is 50.9 Å². The fourth-order valence-corrected chi connectivity index (χ4v) is 1.43. The third-order valence-electron chi connectivity index (χ3n) is 1.70. The average Bonchev–Trinajstić information content (AvgIpc) is 2.18. The Morgan fingerprint density at radius 2 is 2.36 bits per heavy atom. The van der Waals surface area contributed by atoms with Crippen molar-refractivity contribution in [1.29, 1.82) is 0 Å². The summed E-state index contributed by atoms with van der Waals surface area (Å²) in [7, 11) is 0. The van der Waals surface area contributed by atoms with Gasteiger partial charge in [-0.05, 0) is 24.1 Å². The van der Waals surface area contributed by atoms with Gasteiger partial charge < -0.3 is 0 Å². The van der Waals surface area contributed by atoms with E-state index in [-0.39, 0.29) is 0 Å². The predicted molar refractivity (Wildman–Crippen MR) is 61.9 cm³/mol. The van der Waals surface area contributed by atoms with Crippen LogP contribution in [0.4, 0.5) is 0 Å². The second kappa shape index (κ2) is 5.47. The van der Waals surface area contributed by atoms with Crippen molar-refractivity contribution in [3.05, 3.63) is 50.3 Å². The van der Waals surface area contributed by atoms with E-state index in [1.807, 2.05) is 31.2 Å². The van der Waals surface area contributed by atoms with Crippen LogP contribution in [-0.4, -0.2) is 6.54 Å². The Bertz CT molecular complexity index is 392. The summed E-state index contributed by atoms with van der Waals surface area (Å²) >= 11 is 3.44. The molecule has 0 aliphatic heterocycles. The molecule has 0 aliphatic carbocycles. The minimum atomic E-state index is 0.386. The van der Waals surface area contributed by atoms with Crippen LogP contribution in [0.25, 0.3) is 16.5 Å². The van der Waals surface area contributed by atoms with Gasteiger partial charge in [0.25, 0.3) is 0 Å². The lowest BCUT2D eigenvalue weighted by molar-refractivity contribution is 1.22. The Labute approximate surface area is 91.2 Å². The summed E-state index contributed by atoms with van der Waals surface area (Å²) < 4.78 is 1.04. The molecule has 0 unspecified atom stereocenters. The van der Waals surface area contributed by atoms with Crippen LogP contribution in [0.5, 0.6) is 0 Å². The van der Waals surface area contributed by atoms with Gasteiger partial charge in [0.2, 0.25) is 0 Å². The molecule has 4 heteroatoms. The molecule has 0 aliphatic rings. The van der Waals surface area contributed by atoms with Crippen molar-refractivity contribution < 1.29 is 0 Å². The summed E-state index contributed by atoms with van der Waals surface area (Å²) in [5.41, 5.74) is 10.4. The second-order valence-electron chi connectivity index (χ2n) is 2.84. The molecule has 0 spiro atoms. The topological polar surface area (TPSA) is 48.8 Å². The predicted octanol–water partition coefficient (Wildman–Crippen LogP) is 4.08. The summed E-state index contributed by atoms with van der Waals surface area (Å²) in [5.74, 6) is 0. The van der Waals surface area contributed by atoms with Crippen LogP contribution in [0.3, 0.4) is 0 Å². The molecule has 0 heterocycles. The first-order valence-corrected chi connectivity index (χ1v) is 4.97. The molecule has 0 saturated carbocycles. The molecule has 1 aromatic carbocycles. The Hall–Kier alpha value is -1.25. The van der Waals surface area contributed by atoms with E-state index in [4.69, 9.17) is 5.53 Å². The van der Waals surface area contributed by atoms with Gasteiger partial charge in [0, 0.05) is 15.9 Å². The lowest BCUT2D eigenvalue weighted by Crippen LogP contribution is -1.78. The van der Waals surface area contributed by atoms with Crippen molar-refractivity contribution in [2.24, 2.45) is 5.11 Å². The maximum atomic E-state index is 8.08. The Morgan fingerprint density at radius 3 is 3.07 bits per heavy atom. The first kappa shape index (κ1) is 10.8. The summed E-state index contributed by atoms with van der Waals surface area (Å²) in [6.07, 6.45) is 3.77. The molecule has 0 atom stereocenters. The molecule has 0 fully saturated rings. The number of aryl methyl sites for hydroxylation is 1. The van der Waals surface area contributed by atoms with Crippen LogP contribution in [0.1, 0.15) is 11.1 Å². The number of benzene rings is 1. The maximum Gasteiger partial charge on any atom is 0.0443 e. The zero-order valence-electron chi connectivity index (χ0n) is 7.81. The molecule has 0 aromatic heterocycles. The van der Waals surface area contributed by atoms with Gasteiger partial charge in [0.05, 0.1) is 0 Å². The Morgan fingerprint density at radius 1 is 1.57 bits per heavy atom. The third kappa shape index (κ3) is 3.24. The van der Waals surface area contributed by atoms with Gasteiger partial charge in [-0.2, -0.15) is 0 Å². The van der Waals surface area contributed by atoms with E-state index >= 15 is 0 Å². The number of rotatable bonds is 3. The van der Waals surface area contributed by atoms with E-state index in [1.165, 1.54) is 5.56 Å². The van der Waals surface area contributed by atoms with E-state index in [2.05, 4.69) is 32.0 Å². The highest BCUT2D eigenvalue weighted by molar-refractivity contribution is 9.10. The number of halogens is 1. The summed E-state index contributed by atoms with van der Waals surface area (Å²) in [4.78, 5) is 2.67. The molecule has 1 aromatic rings. The van der Waals surface area contributed by atoms with E-state index in [0.717, 1.165) is 10.0 Å². The zero-order valence-corrected chi connectivity index (χ0v) is 9.40. The first-order chi connectivity index (χ1) is 6.74. The van der Waals surface area contributed by atoms with Crippen LogP contribution < -0.4 is 0 Å². The molecule has 0 saturated heterocycles. The van der Waals surface area contributed by atoms with Gasteiger partial charge in [-0.3, -0.25) is 0 Å². The van der Waals surface area contributed by atoms with E-state index < -0.39 is 0 Å². The maximum absolute atomic E-state index is 8.08. The van der Waals surface area contributed by atoms with Crippen LogP contribution in [0.15, 0.2) is 33.9 Å². The number of hydrogen-bond acceptors (Lipinski definition) is 1.